The van der Waals surface area contributed by atoms with Crippen molar-refractivity contribution in [3.05, 3.63) is 114 Å². The van der Waals surface area contributed by atoms with Crippen molar-refractivity contribution in [2.75, 3.05) is 5.06 Å². The number of nitrogens with zero attached hydrogens (tertiary/aromatic N) is 1. The first kappa shape index (κ1) is 14.7. The monoisotopic (exact) mass is 313 g/mol. The number of rotatable bonds is 3. The van der Waals surface area contributed by atoms with Crippen molar-refractivity contribution in [3.8, 4) is 0 Å². The molecule has 118 valence electrons. The van der Waals surface area contributed by atoms with Crippen LogP contribution in [0, 0.1) is 0 Å². The number of hydrogen-bond acceptors (Lipinski definition) is 2. The molecule has 0 fully saturated rings. The lowest BCUT2D eigenvalue weighted by Gasteiger charge is -2.37. The summed E-state index contributed by atoms with van der Waals surface area (Å²) >= 11 is 0. The zero-order valence-corrected chi connectivity index (χ0v) is 13.3. The Morgan fingerprint density at radius 2 is 1.12 bits per heavy atom. The van der Waals surface area contributed by atoms with Crippen molar-refractivity contribution >= 4 is 5.69 Å². The average Bonchev–Trinajstić information content (AvgIpc) is 2.69. The molecule has 0 N–H and O–H groups in total. The van der Waals surface area contributed by atoms with Gasteiger partial charge in [-0.25, -0.2) is 5.06 Å². The first-order valence-corrected chi connectivity index (χ1v) is 8.21. The minimum absolute atomic E-state index is 0.0635. The maximum Gasteiger partial charge on any atom is 0.129 e. The molecule has 2 heteroatoms. The van der Waals surface area contributed by atoms with Crippen LogP contribution in [-0.4, -0.2) is 0 Å². The minimum Gasteiger partial charge on any atom is -0.260 e. The van der Waals surface area contributed by atoms with Crippen LogP contribution in [0.15, 0.2) is 103 Å². The predicted molar refractivity (Wildman–Crippen MR) is 97.5 cm³/mol. The molecule has 2 nitrogen and oxygen atoms in total. The zero-order chi connectivity index (χ0) is 16.2. The number of para-hydroxylation sites is 1. The molecule has 1 aliphatic heterocycles. The smallest absolute Gasteiger partial charge is 0.129 e. The van der Waals surface area contributed by atoms with E-state index in [0.717, 1.165) is 11.3 Å². The van der Waals surface area contributed by atoms with Gasteiger partial charge in [0, 0.05) is 0 Å². The quantitative estimate of drug-likeness (QED) is 0.594. The SMILES string of the molecule is C1=C[C@@H](c2ccccc2)N(c2ccccc2)O[C@H]1c1ccccc1. The van der Waals surface area contributed by atoms with Gasteiger partial charge in [-0.15, -0.1) is 0 Å². The van der Waals surface area contributed by atoms with Gasteiger partial charge in [-0.1, -0.05) is 91.0 Å². The van der Waals surface area contributed by atoms with Crippen molar-refractivity contribution in [3.63, 3.8) is 0 Å². The summed E-state index contributed by atoms with van der Waals surface area (Å²) in [5.41, 5.74) is 3.42. The van der Waals surface area contributed by atoms with E-state index < -0.39 is 0 Å². The first-order chi connectivity index (χ1) is 11.9. The van der Waals surface area contributed by atoms with E-state index in [1.165, 1.54) is 5.56 Å². The lowest BCUT2D eigenvalue weighted by molar-refractivity contribution is 0.0402. The fourth-order valence-corrected chi connectivity index (χ4v) is 3.02. The lowest BCUT2D eigenvalue weighted by atomic mass is 10.0. The molecule has 24 heavy (non-hydrogen) atoms. The van der Waals surface area contributed by atoms with Gasteiger partial charge in [-0.05, 0) is 23.3 Å². The molecule has 0 unspecified atom stereocenters. The maximum atomic E-state index is 6.37. The van der Waals surface area contributed by atoms with Crippen LogP contribution in [-0.2, 0) is 4.84 Å². The Labute approximate surface area is 142 Å². The van der Waals surface area contributed by atoms with Crippen molar-refractivity contribution in [1.29, 1.82) is 0 Å². The van der Waals surface area contributed by atoms with Gasteiger partial charge in [0.2, 0.25) is 0 Å². The van der Waals surface area contributed by atoms with Crippen molar-refractivity contribution in [2.45, 2.75) is 12.1 Å². The number of hydroxylamine groups is 1. The highest BCUT2D eigenvalue weighted by Crippen LogP contribution is 2.36. The summed E-state index contributed by atoms with van der Waals surface area (Å²) in [7, 11) is 0. The summed E-state index contributed by atoms with van der Waals surface area (Å²) in [6.45, 7) is 0. The van der Waals surface area contributed by atoms with E-state index in [9.17, 15) is 0 Å². The number of hydrogen-bond donors (Lipinski definition) is 0. The van der Waals surface area contributed by atoms with E-state index >= 15 is 0 Å². The highest BCUT2D eigenvalue weighted by Gasteiger charge is 2.27. The third-order valence-electron chi connectivity index (χ3n) is 4.23. The summed E-state index contributed by atoms with van der Waals surface area (Å²) in [5, 5.41) is 2.01. The summed E-state index contributed by atoms with van der Waals surface area (Å²) in [4.78, 5) is 6.37. The maximum absolute atomic E-state index is 6.37. The molecular weight excluding hydrogens is 294 g/mol. The first-order valence-electron chi connectivity index (χ1n) is 8.21. The molecule has 3 aromatic carbocycles. The molecular formula is C22H19NO. The second kappa shape index (κ2) is 6.73. The van der Waals surface area contributed by atoms with Gasteiger partial charge in [0.1, 0.15) is 6.10 Å². The summed E-state index contributed by atoms with van der Waals surface area (Å²) in [6.07, 6.45) is 4.29. The Hall–Kier alpha value is -2.84. The Balaban J connectivity index is 1.73. The van der Waals surface area contributed by atoms with Gasteiger partial charge in [-0.3, -0.25) is 4.84 Å². The molecule has 0 spiro atoms. The van der Waals surface area contributed by atoms with Crippen LogP contribution in [0.25, 0.3) is 0 Å². The van der Waals surface area contributed by atoms with Crippen molar-refractivity contribution < 1.29 is 4.84 Å². The predicted octanol–water partition coefficient (Wildman–Crippen LogP) is 5.48. The molecule has 0 saturated carbocycles. The number of benzene rings is 3. The number of anilines is 1. The summed E-state index contributed by atoms with van der Waals surface area (Å²) in [5.74, 6) is 0. The normalized spacial score (nSPS) is 20.1. The second-order valence-corrected chi connectivity index (χ2v) is 5.84. The lowest BCUT2D eigenvalue weighted by Crippen LogP contribution is -2.32. The largest absolute Gasteiger partial charge is 0.260 e. The van der Waals surface area contributed by atoms with Gasteiger partial charge in [0.15, 0.2) is 0 Å². The second-order valence-electron chi connectivity index (χ2n) is 5.84. The van der Waals surface area contributed by atoms with Gasteiger partial charge in [-0.2, -0.15) is 0 Å². The third kappa shape index (κ3) is 2.97. The zero-order valence-electron chi connectivity index (χ0n) is 13.3. The van der Waals surface area contributed by atoms with Crippen LogP contribution in [0.1, 0.15) is 23.3 Å². The van der Waals surface area contributed by atoms with Gasteiger partial charge >= 0.3 is 0 Å². The molecule has 3 aromatic rings. The highest BCUT2D eigenvalue weighted by atomic mass is 16.7. The average molecular weight is 313 g/mol. The Bertz CT molecular complexity index is 799. The van der Waals surface area contributed by atoms with Crippen LogP contribution >= 0.6 is 0 Å². The summed E-state index contributed by atoms with van der Waals surface area (Å²) < 4.78 is 0. The Morgan fingerprint density at radius 1 is 0.583 bits per heavy atom. The van der Waals surface area contributed by atoms with Crippen LogP contribution in [0.3, 0.4) is 0 Å². The summed E-state index contributed by atoms with van der Waals surface area (Å²) in [6, 6.07) is 31.1. The van der Waals surface area contributed by atoms with E-state index in [2.05, 4.69) is 60.7 Å². The van der Waals surface area contributed by atoms with E-state index in [0.29, 0.717) is 0 Å². The van der Waals surface area contributed by atoms with Gasteiger partial charge in [0.05, 0.1) is 11.7 Å². The standard InChI is InChI=1S/C22H19NO/c1-4-10-18(11-5-1)21-16-17-22(19-12-6-2-7-13-19)24-23(21)20-14-8-3-9-15-20/h1-17,21-22H/t21-,22+/m0/s1. The van der Waals surface area contributed by atoms with Gasteiger partial charge < -0.3 is 0 Å². The fraction of sp³-hybridized carbons (Fsp3) is 0.0909. The van der Waals surface area contributed by atoms with Crippen molar-refractivity contribution in [2.24, 2.45) is 0 Å². The molecule has 0 aromatic heterocycles. The van der Waals surface area contributed by atoms with E-state index in [1.807, 2.05) is 47.5 Å². The molecule has 2 atom stereocenters. The molecule has 1 heterocycles. The minimum atomic E-state index is -0.0774. The molecule has 1 aliphatic rings. The highest BCUT2D eigenvalue weighted by molar-refractivity contribution is 5.49. The molecule has 0 radical (unpaired) electrons. The topological polar surface area (TPSA) is 12.5 Å². The Kier molecular flexibility index (Phi) is 4.13. The van der Waals surface area contributed by atoms with Crippen LogP contribution in [0.5, 0.6) is 0 Å². The van der Waals surface area contributed by atoms with E-state index in [-0.39, 0.29) is 12.1 Å². The molecule has 4 rings (SSSR count). The molecule has 0 saturated heterocycles. The van der Waals surface area contributed by atoms with Crippen LogP contribution < -0.4 is 5.06 Å². The molecule has 0 aliphatic carbocycles. The van der Waals surface area contributed by atoms with Crippen LogP contribution in [0.2, 0.25) is 0 Å². The van der Waals surface area contributed by atoms with E-state index in [4.69, 9.17) is 4.84 Å². The Morgan fingerprint density at radius 3 is 1.75 bits per heavy atom. The van der Waals surface area contributed by atoms with Crippen molar-refractivity contribution in [1.82, 2.24) is 0 Å². The molecule has 0 amide bonds. The third-order valence-corrected chi connectivity index (χ3v) is 4.23. The van der Waals surface area contributed by atoms with Gasteiger partial charge in [0.25, 0.3) is 0 Å². The fourth-order valence-electron chi connectivity index (χ4n) is 3.02. The van der Waals surface area contributed by atoms with E-state index in [1.54, 1.807) is 0 Å². The van der Waals surface area contributed by atoms with Crippen LogP contribution in [0.4, 0.5) is 5.69 Å². The molecule has 0 bridgehead atoms.